The van der Waals surface area contributed by atoms with E-state index in [0.29, 0.717) is 30.3 Å². The Labute approximate surface area is 117 Å². The second-order valence-electron chi connectivity index (χ2n) is 6.21. The summed E-state index contributed by atoms with van der Waals surface area (Å²) in [6.07, 6.45) is 0.175. The first kappa shape index (κ1) is 13.6. The lowest BCUT2D eigenvalue weighted by Crippen LogP contribution is -2.37. The van der Waals surface area contributed by atoms with Gasteiger partial charge in [-0.15, -0.1) is 0 Å². The van der Waals surface area contributed by atoms with E-state index in [1.807, 2.05) is 6.92 Å². The minimum atomic E-state index is -0.754. The van der Waals surface area contributed by atoms with Gasteiger partial charge >= 0.3 is 5.63 Å². The molecule has 5 atom stereocenters. The standard InChI is InChI=1S/C15H20O5/c1-7-4-12(20-14(18)13(7)17)15-9(3)11(16)5-10(15)8(2)6-19-15/h4,8-11,16-17H,5-6H2,1-3H3. The highest BCUT2D eigenvalue weighted by atomic mass is 16.5. The Morgan fingerprint density at radius 3 is 2.75 bits per heavy atom. The van der Waals surface area contributed by atoms with Crippen LogP contribution >= 0.6 is 0 Å². The maximum Gasteiger partial charge on any atom is 0.378 e. The van der Waals surface area contributed by atoms with Crippen molar-refractivity contribution in [1.82, 2.24) is 0 Å². The molecule has 0 radical (unpaired) electrons. The minimum Gasteiger partial charge on any atom is -0.502 e. The third-order valence-electron chi connectivity index (χ3n) is 5.07. The van der Waals surface area contributed by atoms with Crippen LogP contribution in [-0.2, 0) is 10.3 Å². The van der Waals surface area contributed by atoms with E-state index in [1.165, 1.54) is 0 Å². The topological polar surface area (TPSA) is 79.9 Å². The summed E-state index contributed by atoms with van der Waals surface area (Å²) < 4.78 is 11.3. The molecule has 5 nitrogen and oxygen atoms in total. The molecule has 0 amide bonds. The van der Waals surface area contributed by atoms with Crippen molar-refractivity contribution in [1.29, 1.82) is 0 Å². The van der Waals surface area contributed by atoms with Gasteiger partial charge in [0.15, 0.2) is 0 Å². The van der Waals surface area contributed by atoms with Crippen LogP contribution in [0.2, 0.25) is 0 Å². The molecule has 110 valence electrons. The van der Waals surface area contributed by atoms with Crippen molar-refractivity contribution in [3.8, 4) is 5.75 Å². The van der Waals surface area contributed by atoms with E-state index in [2.05, 4.69) is 6.92 Å². The predicted molar refractivity (Wildman–Crippen MR) is 71.5 cm³/mol. The van der Waals surface area contributed by atoms with Gasteiger partial charge in [0.05, 0.1) is 12.7 Å². The van der Waals surface area contributed by atoms with Gasteiger partial charge in [0.2, 0.25) is 5.75 Å². The van der Waals surface area contributed by atoms with E-state index < -0.39 is 17.3 Å². The summed E-state index contributed by atoms with van der Waals surface area (Å²) >= 11 is 0. The number of rotatable bonds is 1. The number of hydrogen-bond donors (Lipinski definition) is 2. The zero-order chi connectivity index (χ0) is 14.7. The molecule has 1 aromatic heterocycles. The van der Waals surface area contributed by atoms with Crippen LogP contribution in [0.1, 0.15) is 31.6 Å². The van der Waals surface area contributed by atoms with Crippen molar-refractivity contribution in [3.63, 3.8) is 0 Å². The molecular formula is C15H20O5. The summed E-state index contributed by atoms with van der Waals surface area (Å²) in [4.78, 5) is 11.7. The predicted octanol–water partition coefficient (Wildman–Crippen LogP) is 1.53. The maximum atomic E-state index is 11.7. The molecule has 3 rings (SSSR count). The van der Waals surface area contributed by atoms with Crippen LogP contribution in [0.4, 0.5) is 0 Å². The average molecular weight is 280 g/mol. The number of aryl methyl sites for hydroxylation is 1. The Bertz CT molecular complexity index is 592. The second kappa shape index (κ2) is 4.33. The molecule has 20 heavy (non-hydrogen) atoms. The summed E-state index contributed by atoms with van der Waals surface area (Å²) in [6, 6.07) is 1.66. The molecule has 1 saturated carbocycles. The third-order valence-corrected chi connectivity index (χ3v) is 5.07. The molecule has 1 aliphatic heterocycles. The van der Waals surface area contributed by atoms with Crippen molar-refractivity contribution < 1.29 is 19.4 Å². The molecule has 5 unspecified atom stereocenters. The zero-order valence-electron chi connectivity index (χ0n) is 11.9. The summed E-state index contributed by atoms with van der Waals surface area (Å²) in [7, 11) is 0. The van der Waals surface area contributed by atoms with Crippen LogP contribution in [0.15, 0.2) is 15.3 Å². The molecule has 2 N–H and O–H groups in total. The molecule has 0 spiro atoms. The quantitative estimate of drug-likeness (QED) is 0.815. The number of hydrogen-bond acceptors (Lipinski definition) is 5. The van der Waals surface area contributed by atoms with Crippen molar-refractivity contribution >= 4 is 0 Å². The van der Waals surface area contributed by atoms with Crippen LogP contribution in [-0.4, -0.2) is 22.9 Å². The Morgan fingerprint density at radius 1 is 1.40 bits per heavy atom. The van der Waals surface area contributed by atoms with E-state index >= 15 is 0 Å². The number of aliphatic hydroxyl groups excluding tert-OH is 1. The molecule has 5 heteroatoms. The van der Waals surface area contributed by atoms with Gasteiger partial charge in [-0.2, -0.15) is 0 Å². The SMILES string of the molecule is Cc1cc(C23OCC(C)C2CC(O)C3C)oc(=O)c1O. The highest BCUT2D eigenvalue weighted by Crippen LogP contribution is 2.57. The van der Waals surface area contributed by atoms with E-state index in [1.54, 1.807) is 13.0 Å². The second-order valence-corrected chi connectivity index (χ2v) is 6.21. The fraction of sp³-hybridized carbons (Fsp3) is 0.667. The first-order valence-electron chi connectivity index (χ1n) is 7.04. The lowest BCUT2D eigenvalue weighted by atomic mass is 9.79. The molecule has 2 heterocycles. The normalized spacial score (nSPS) is 40.0. The van der Waals surface area contributed by atoms with Crippen LogP contribution in [0.25, 0.3) is 0 Å². The van der Waals surface area contributed by atoms with Crippen LogP contribution in [0, 0.1) is 24.7 Å². The largest absolute Gasteiger partial charge is 0.502 e. The van der Waals surface area contributed by atoms with Crippen molar-refractivity contribution in [3.05, 3.63) is 27.8 Å². The highest BCUT2D eigenvalue weighted by molar-refractivity contribution is 5.32. The van der Waals surface area contributed by atoms with Crippen molar-refractivity contribution in [2.24, 2.45) is 17.8 Å². The average Bonchev–Trinajstić information content (AvgIpc) is 2.85. The monoisotopic (exact) mass is 280 g/mol. The van der Waals surface area contributed by atoms with Gasteiger partial charge in [-0.3, -0.25) is 0 Å². The fourth-order valence-corrected chi connectivity index (χ4v) is 3.82. The van der Waals surface area contributed by atoms with Crippen LogP contribution in [0.5, 0.6) is 5.75 Å². The molecule has 1 aliphatic carbocycles. The molecule has 1 aromatic rings. The van der Waals surface area contributed by atoms with E-state index in [4.69, 9.17) is 9.15 Å². The summed E-state index contributed by atoms with van der Waals surface area (Å²) in [6.45, 7) is 6.26. The maximum absolute atomic E-state index is 11.7. The van der Waals surface area contributed by atoms with Gasteiger partial charge < -0.3 is 19.4 Å². The van der Waals surface area contributed by atoms with E-state index in [-0.39, 0.29) is 17.6 Å². The van der Waals surface area contributed by atoms with Crippen molar-refractivity contribution in [2.75, 3.05) is 6.61 Å². The van der Waals surface area contributed by atoms with Gasteiger partial charge in [-0.1, -0.05) is 13.8 Å². The summed E-state index contributed by atoms with van der Waals surface area (Å²) in [5, 5.41) is 19.8. The molecule has 1 saturated heterocycles. The number of aliphatic hydroxyl groups is 1. The molecular weight excluding hydrogens is 260 g/mol. The van der Waals surface area contributed by atoms with Gasteiger partial charge in [0.25, 0.3) is 0 Å². The minimum absolute atomic E-state index is 0.125. The van der Waals surface area contributed by atoms with E-state index in [9.17, 15) is 15.0 Å². The molecule has 0 bridgehead atoms. The molecule has 0 aromatic carbocycles. The summed E-state index contributed by atoms with van der Waals surface area (Å²) in [5.74, 6) is 0.341. The first-order valence-corrected chi connectivity index (χ1v) is 7.04. The first-order chi connectivity index (χ1) is 9.37. The molecule has 2 aliphatic rings. The van der Waals surface area contributed by atoms with E-state index in [0.717, 1.165) is 0 Å². The van der Waals surface area contributed by atoms with Crippen LogP contribution in [0.3, 0.4) is 0 Å². The van der Waals surface area contributed by atoms with Crippen molar-refractivity contribution in [2.45, 2.75) is 38.9 Å². The lowest BCUT2D eigenvalue weighted by molar-refractivity contribution is -0.0793. The van der Waals surface area contributed by atoms with Gasteiger partial charge in [0, 0.05) is 17.4 Å². The number of aromatic hydroxyl groups is 1. The number of ether oxygens (including phenoxy) is 1. The summed E-state index contributed by atoms with van der Waals surface area (Å²) in [5.41, 5.74) is -1.03. The van der Waals surface area contributed by atoms with Gasteiger partial charge in [0.1, 0.15) is 11.4 Å². The van der Waals surface area contributed by atoms with Gasteiger partial charge in [-0.25, -0.2) is 4.79 Å². The Morgan fingerprint density at radius 2 is 2.10 bits per heavy atom. The number of fused-ring (bicyclic) bond motifs is 1. The molecule has 2 fully saturated rings. The highest BCUT2D eigenvalue weighted by Gasteiger charge is 2.61. The fourth-order valence-electron chi connectivity index (χ4n) is 3.82. The Kier molecular flexibility index (Phi) is 2.95. The van der Waals surface area contributed by atoms with Gasteiger partial charge in [-0.05, 0) is 25.3 Å². The Balaban J connectivity index is 2.18. The Hall–Kier alpha value is -1.33. The zero-order valence-corrected chi connectivity index (χ0v) is 11.9. The third kappa shape index (κ3) is 1.59. The lowest BCUT2D eigenvalue weighted by Gasteiger charge is -2.32. The smallest absolute Gasteiger partial charge is 0.378 e. The van der Waals surface area contributed by atoms with Crippen LogP contribution < -0.4 is 5.63 Å².